The molecule has 2 rings (SSSR count). The molecule has 1 saturated carbocycles. The van der Waals surface area contributed by atoms with E-state index in [4.69, 9.17) is 9.84 Å². The first-order valence-electron chi connectivity index (χ1n) is 6.56. The van der Waals surface area contributed by atoms with Crippen LogP contribution in [0.4, 0.5) is 0 Å². The van der Waals surface area contributed by atoms with Crippen molar-refractivity contribution in [1.29, 1.82) is 0 Å². The Morgan fingerprint density at radius 1 is 1.39 bits per heavy atom. The lowest BCUT2D eigenvalue weighted by Gasteiger charge is -2.22. The molecule has 0 aromatic carbocycles. The Kier molecular flexibility index (Phi) is 4.42. The summed E-state index contributed by atoms with van der Waals surface area (Å²) in [4.78, 5) is 11.6. The maximum Gasteiger partial charge on any atom is 0.306 e. The summed E-state index contributed by atoms with van der Waals surface area (Å²) in [5.41, 5.74) is 0. The standard InChI is InChI=1S/C14H20O4/c15-8-7-10-11-5-3-1-2-4-6-14(17)18-13(11)9-12(10)16/h1,3,7-8,10-13,15-16H,2,4-6,9H2/b3-1-,8-7+/t10-,11-,12-,13+/m1/s1. The van der Waals surface area contributed by atoms with Gasteiger partial charge in [-0.25, -0.2) is 0 Å². The predicted octanol–water partition coefficient (Wildman–Crippen LogP) is 2.10. The first-order valence-corrected chi connectivity index (χ1v) is 6.56. The molecule has 1 heterocycles. The summed E-state index contributed by atoms with van der Waals surface area (Å²) in [5.74, 6) is -0.264. The Balaban J connectivity index is 2.15. The van der Waals surface area contributed by atoms with Gasteiger partial charge in [0.1, 0.15) is 6.10 Å². The van der Waals surface area contributed by atoms with Crippen LogP contribution >= 0.6 is 0 Å². The average Bonchev–Trinajstić information content (AvgIpc) is 2.62. The van der Waals surface area contributed by atoms with E-state index in [1.807, 2.05) is 0 Å². The third kappa shape index (κ3) is 2.93. The normalized spacial score (nSPS) is 39.3. The van der Waals surface area contributed by atoms with E-state index in [1.54, 1.807) is 6.08 Å². The zero-order valence-electron chi connectivity index (χ0n) is 10.4. The number of esters is 1. The summed E-state index contributed by atoms with van der Waals surface area (Å²) in [6.45, 7) is 0. The van der Waals surface area contributed by atoms with Gasteiger partial charge in [0, 0.05) is 24.7 Å². The minimum Gasteiger partial charge on any atom is -0.516 e. The van der Waals surface area contributed by atoms with Gasteiger partial charge in [0.05, 0.1) is 12.4 Å². The predicted molar refractivity (Wildman–Crippen MR) is 66.9 cm³/mol. The second kappa shape index (κ2) is 6.05. The molecule has 1 aliphatic heterocycles. The Morgan fingerprint density at radius 3 is 3.00 bits per heavy atom. The molecular formula is C14H20O4. The molecule has 0 unspecified atom stereocenters. The largest absolute Gasteiger partial charge is 0.516 e. The summed E-state index contributed by atoms with van der Waals surface area (Å²) in [6.07, 6.45) is 9.32. The van der Waals surface area contributed by atoms with Crippen LogP contribution in [0.15, 0.2) is 24.5 Å². The van der Waals surface area contributed by atoms with Crippen molar-refractivity contribution in [2.45, 2.75) is 44.3 Å². The third-order valence-corrected chi connectivity index (χ3v) is 3.81. The molecule has 1 fully saturated rings. The molecule has 2 aliphatic rings. The maximum absolute atomic E-state index is 11.6. The number of rotatable bonds is 1. The van der Waals surface area contributed by atoms with Crippen LogP contribution in [0.1, 0.15) is 32.1 Å². The molecule has 4 nitrogen and oxygen atoms in total. The van der Waals surface area contributed by atoms with Gasteiger partial charge in [-0.05, 0) is 25.3 Å². The van der Waals surface area contributed by atoms with Crippen LogP contribution in [0.25, 0.3) is 0 Å². The molecule has 0 amide bonds. The number of aliphatic hydroxyl groups excluding tert-OH is 2. The first-order chi connectivity index (χ1) is 8.72. The van der Waals surface area contributed by atoms with Gasteiger partial charge in [-0.15, -0.1) is 0 Å². The Hall–Kier alpha value is -1.29. The van der Waals surface area contributed by atoms with Gasteiger partial charge in [-0.1, -0.05) is 12.2 Å². The molecule has 0 spiro atoms. The van der Waals surface area contributed by atoms with Crippen molar-refractivity contribution < 1.29 is 19.7 Å². The first kappa shape index (κ1) is 13.1. The van der Waals surface area contributed by atoms with Crippen LogP contribution in [0.3, 0.4) is 0 Å². The number of hydrogen-bond acceptors (Lipinski definition) is 4. The lowest BCUT2D eigenvalue weighted by atomic mass is 9.90. The zero-order valence-corrected chi connectivity index (χ0v) is 10.4. The molecule has 2 N–H and O–H groups in total. The van der Waals surface area contributed by atoms with Crippen LogP contribution < -0.4 is 0 Å². The van der Waals surface area contributed by atoms with E-state index in [9.17, 15) is 9.90 Å². The van der Waals surface area contributed by atoms with Crippen LogP contribution in [0.2, 0.25) is 0 Å². The van der Waals surface area contributed by atoms with E-state index in [0.717, 1.165) is 25.5 Å². The summed E-state index contributed by atoms with van der Waals surface area (Å²) >= 11 is 0. The Bertz CT molecular complexity index is 348. The average molecular weight is 252 g/mol. The lowest BCUT2D eigenvalue weighted by Crippen LogP contribution is -2.25. The number of aliphatic hydroxyl groups is 2. The fourth-order valence-corrected chi connectivity index (χ4v) is 2.88. The van der Waals surface area contributed by atoms with Gasteiger partial charge >= 0.3 is 5.97 Å². The molecule has 0 saturated heterocycles. The summed E-state index contributed by atoms with van der Waals surface area (Å²) < 4.78 is 5.45. The lowest BCUT2D eigenvalue weighted by molar-refractivity contribution is -0.151. The Morgan fingerprint density at radius 2 is 2.22 bits per heavy atom. The number of carbonyl (C=O) groups is 1. The summed E-state index contributed by atoms with van der Waals surface area (Å²) in [6, 6.07) is 0. The van der Waals surface area contributed by atoms with Gasteiger partial charge in [-0.2, -0.15) is 0 Å². The summed E-state index contributed by atoms with van der Waals surface area (Å²) in [5, 5.41) is 18.9. The quantitative estimate of drug-likeness (QED) is 0.426. The molecule has 1 aliphatic carbocycles. The van der Waals surface area contributed by atoms with E-state index >= 15 is 0 Å². The van der Waals surface area contributed by atoms with Crippen molar-refractivity contribution in [1.82, 2.24) is 0 Å². The second-order valence-corrected chi connectivity index (χ2v) is 5.01. The monoisotopic (exact) mass is 252 g/mol. The van der Waals surface area contributed by atoms with Crippen molar-refractivity contribution in [2.75, 3.05) is 0 Å². The minimum atomic E-state index is -0.551. The molecule has 0 aromatic heterocycles. The molecule has 4 heteroatoms. The topological polar surface area (TPSA) is 66.8 Å². The number of carbonyl (C=O) groups excluding carboxylic acids is 1. The number of ether oxygens (including phenoxy) is 1. The number of fused-ring (bicyclic) bond motifs is 1. The van der Waals surface area contributed by atoms with Crippen molar-refractivity contribution in [3.05, 3.63) is 24.5 Å². The van der Waals surface area contributed by atoms with Crippen molar-refractivity contribution in [2.24, 2.45) is 11.8 Å². The second-order valence-electron chi connectivity index (χ2n) is 5.01. The van der Waals surface area contributed by atoms with Gasteiger partial charge < -0.3 is 14.9 Å². The van der Waals surface area contributed by atoms with Crippen molar-refractivity contribution in [3.63, 3.8) is 0 Å². The summed E-state index contributed by atoms with van der Waals surface area (Å²) in [7, 11) is 0. The zero-order chi connectivity index (χ0) is 13.0. The number of allylic oxidation sites excluding steroid dienone is 2. The van der Waals surface area contributed by atoms with E-state index in [2.05, 4.69) is 12.2 Å². The third-order valence-electron chi connectivity index (χ3n) is 3.81. The van der Waals surface area contributed by atoms with E-state index < -0.39 is 6.10 Å². The number of hydrogen-bond donors (Lipinski definition) is 2. The van der Waals surface area contributed by atoms with Gasteiger partial charge in [0.2, 0.25) is 0 Å². The molecule has 0 aromatic rings. The fraction of sp³-hybridized carbons (Fsp3) is 0.643. The molecule has 4 atom stereocenters. The highest BCUT2D eigenvalue weighted by Gasteiger charge is 2.42. The van der Waals surface area contributed by atoms with E-state index in [1.165, 1.54) is 0 Å². The van der Waals surface area contributed by atoms with Crippen LogP contribution in [0.5, 0.6) is 0 Å². The highest BCUT2D eigenvalue weighted by atomic mass is 16.5. The molecular weight excluding hydrogens is 232 g/mol. The van der Waals surface area contributed by atoms with Gasteiger partial charge in [-0.3, -0.25) is 4.79 Å². The highest BCUT2D eigenvalue weighted by Crippen LogP contribution is 2.38. The van der Waals surface area contributed by atoms with Crippen molar-refractivity contribution in [3.8, 4) is 0 Å². The highest BCUT2D eigenvalue weighted by molar-refractivity contribution is 5.69. The minimum absolute atomic E-state index is 0.0571. The molecule has 18 heavy (non-hydrogen) atoms. The molecule has 0 bridgehead atoms. The van der Waals surface area contributed by atoms with Crippen LogP contribution in [0, 0.1) is 11.8 Å². The van der Waals surface area contributed by atoms with Gasteiger partial charge in [0.25, 0.3) is 0 Å². The van der Waals surface area contributed by atoms with E-state index in [0.29, 0.717) is 12.8 Å². The van der Waals surface area contributed by atoms with Crippen LogP contribution in [-0.4, -0.2) is 28.4 Å². The van der Waals surface area contributed by atoms with Crippen LogP contribution in [-0.2, 0) is 9.53 Å². The molecule has 0 radical (unpaired) electrons. The smallest absolute Gasteiger partial charge is 0.306 e. The maximum atomic E-state index is 11.6. The van der Waals surface area contributed by atoms with E-state index in [-0.39, 0.29) is 23.9 Å². The van der Waals surface area contributed by atoms with Crippen molar-refractivity contribution >= 4 is 5.97 Å². The fourth-order valence-electron chi connectivity index (χ4n) is 2.88. The Labute approximate surface area is 107 Å². The SMILES string of the molecule is O=C1CCC/C=C\C[C@@H]2[C@@H](/C=C/O)[C@H](O)C[C@@H]2O1. The molecule has 100 valence electrons. The van der Waals surface area contributed by atoms with Gasteiger partial charge in [0.15, 0.2) is 0 Å².